The number of likely N-dealkylation sites (tertiary alicyclic amines) is 1. The van der Waals surface area contributed by atoms with Crippen LogP contribution in [0, 0.1) is 31.1 Å². The molecule has 3 N–H and O–H groups in total. The third-order valence-electron chi connectivity index (χ3n) is 6.10. The van der Waals surface area contributed by atoms with Gasteiger partial charge in [0.15, 0.2) is 0 Å². The van der Waals surface area contributed by atoms with Gasteiger partial charge in [0.2, 0.25) is 5.95 Å². The number of benzene rings is 1. The summed E-state index contributed by atoms with van der Waals surface area (Å²) in [7, 11) is 0. The average molecular weight is 446 g/mol. The molecule has 1 amide bonds. The molecule has 1 saturated heterocycles. The minimum absolute atomic E-state index is 0.0112. The smallest absolute Gasteiger partial charge is 0.274 e. The number of aromatic nitrogens is 3. The highest BCUT2D eigenvalue weighted by molar-refractivity contribution is 7.15. The summed E-state index contributed by atoms with van der Waals surface area (Å²) in [6.07, 6.45) is 3.40. The normalized spacial score (nSPS) is 21.2. The number of piperidine rings is 1. The molecule has 3 aromatic rings. The Labute approximate surface area is 190 Å². The highest BCUT2D eigenvalue weighted by atomic mass is 32.1. The summed E-state index contributed by atoms with van der Waals surface area (Å²) in [5, 5.41) is 13.1. The average Bonchev–Trinajstić information content (AvgIpc) is 3.26. The second-order valence-electron chi connectivity index (χ2n) is 8.43. The topological polar surface area (TPSA) is 121 Å². The van der Waals surface area contributed by atoms with E-state index < -0.39 is 0 Å². The molecular weight excluding hydrogens is 422 g/mol. The van der Waals surface area contributed by atoms with E-state index >= 15 is 0 Å². The van der Waals surface area contributed by atoms with Crippen LogP contribution in [0.15, 0.2) is 30.5 Å². The van der Waals surface area contributed by atoms with E-state index in [4.69, 9.17) is 11.0 Å². The Morgan fingerprint density at radius 1 is 1.34 bits per heavy atom. The summed E-state index contributed by atoms with van der Waals surface area (Å²) in [6, 6.07) is 10.4. The van der Waals surface area contributed by atoms with Gasteiger partial charge in [-0.2, -0.15) is 10.2 Å². The van der Waals surface area contributed by atoms with Crippen LogP contribution >= 0.6 is 11.3 Å². The molecule has 1 unspecified atom stereocenters. The third-order valence-corrected chi connectivity index (χ3v) is 7.12. The predicted octanol–water partition coefficient (Wildman–Crippen LogP) is 3.39. The van der Waals surface area contributed by atoms with E-state index in [0.717, 1.165) is 33.9 Å². The largest absolute Gasteiger partial charge is 0.382 e. The molecule has 9 heteroatoms. The number of rotatable bonds is 5. The monoisotopic (exact) mass is 445 g/mol. The van der Waals surface area contributed by atoms with Crippen LogP contribution in [0.2, 0.25) is 0 Å². The van der Waals surface area contributed by atoms with Crippen molar-refractivity contribution in [3.8, 4) is 16.5 Å². The fourth-order valence-electron chi connectivity index (χ4n) is 4.51. The van der Waals surface area contributed by atoms with Crippen molar-refractivity contribution in [1.29, 1.82) is 5.26 Å². The molecule has 2 aliphatic rings. The summed E-state index contributed by atoms with van der Waals surface area (Å²) in [5.41, 5.74) is 8.76. The number of nitrogens with two attached hydrogens (primary N) is 1. The zero-order chi connectivity index (χ0) is 22.4. The van der Waals surface area contributed by atoms with Gasteiger partial charge < -0.3 is 16.0 Å². The quantitative estimate of drug-likeness (QED) is 0.617. The minimum Gasteiger partial charge on any atom is -0.382 e. The lowest BCUT2D eigenvalue weighted by molar-refractivity contribution is 0.0704. The third kappa shape index (κ3) is 3.67. The molecule has 0 bridgehead atoms. The summed E-state index contributed by atoms with van der Waals surface area (Å²) >= 11 is 1.56. The number of carbonyl (C=O) groups is 1. The van der Waals surface area contributed by atoms with Crippen molar-refractivity contribution >= 4 is 29.0 Å². The van der Waals surface area contributed by atoms with Crippen molar-refractivity contribution in [2.75, 3.05) is 17.6 Å². The van der Waals surface area contributed by atoms with E-state index in [1.807, 2.05) is 43.0 Å². The van der Waals surface area contributed by atoms with E-state index in [1.54, 1.807) is 11.3 Å². The fourth-order valence-corrected chi connectivity index (χ4v) is 5.42. The van der Waals surface area contributed by atoms with Crippen LogP contribution in [0.5, 0.6) is 0 Å². The Morgan fingerprint density at radius 3 is 2.94 bits per heavy atom. The first kappa shape index (κ1) is 20.4. The molecule has 2 aromatic heterocycles. The fraction of sp³-hybridized carbons (Fsp3) is 0.348. The van der Waals surface area contributed by atoms with Crippen molar-refractivity contribution in [2.45, 2.75) is 38.8 Å². The van der Waals surface area contributed by atoms with Crippen LogP contribution in [-0.2, 0) is 0 Å². The van der Waals surface area contributed by atoms with Crippen molar-refractivity contribution < 1.29 is 4.79 Å². The van der Waals surface area contributed by atoms with Gasteiger partial charge in [-0.1, -0.05) is 29.8 Å². The number of nitrogen functional groups attached to an aromatic ring is 1. The second-order valence-corrected chi connectivity index (χ2v) is 9.63. The number of nitrogens with one attached hydrogen (secondary N) is 1. The van der Waals surface area contributed by atoms with Gasteiger partial charge in [-0.05, 0) is 38.2 Å². The molecule has 1 aromatic carbocycles. The van der Waals surface area contributed by atoms with Gasteiger partial charge in [-0.3, -0.25) is 4.79 Å². The molecule has 2 fully saturated rings. The number of fused-ring (bicyclic) bond motifs is 1. The van der Waals surface area contributed by atoms with Gasteiger partial charge in [-0.15, -0.1) is 11.3 Å². The molecule has 162 valence electrons. The zero-order valence-electron chi connectivity index (χ0n) is 17.9. The SMILES string of the molecule is Cc1cccc(-c2sc(C)nc2C(=O)N2C3C[C@H]3C[C@H]2CNc2ncc(C#N)c(N)n2)c1. The summed E-state index contributed by atoms with van der Waals surface area (Å²) in [4.78, 5) is 29.6. The van der Waals surface area contributed by atoms with Crippen molar-refractivity contribution in [1.82, 2.24) is 19.9 Å². The molecule has 3 atom stereocenters. The molecule has 8 nitrogen and oxygen atoms in total. The highest BCUT2D eigenvalue weighted by Crippen LogP contribution is 2.49. The van der Waals surface area contributed by atoms with Gasteiger partial charge >= 0.3 is 0 Å². The Kier molecular flexibility index (Phi) is 5.02. The molecule has 32 heavy (non-hydrogen) atoms. The van der Waals surface area contributed by atoms with E-state index in [1.165, 1.54) is 6.20 Å². The Hall–Kier alpha value is -3.51. The molecule has 3 heterocycles. The van der Waals surface area contributed by atoms with Crippen LogP contribution in [0.25, 0.3) is 10.4 Å². The van der Waals surface area contributed by atoms with Gasteiger partial charge in [0.05, 0.1) is 22.1 Å². The predicted molar refractivity (Wildman–Crippen MR) is 123 cm³/mol. The number of carbonyl (C=O) groups excluding carboxylic acids is 1. The Balaban J connectivity index is 1.38. The number of nitriles is 1. The molecule has 0 radical (unpaired) electrons. The first-order chi connectivity index (χ1) is 15.4. The standard InChI is InChI=1S/C23H23N7OS/c1-12-4-3-5-14(6-12)20-19(28-13(2)32-20)22(31)30-17(7-15-8-18(15)30)11-27-23-26-10-16(9-24)21(25)29-23/h3-6,10,15,17-18H,7-8,11H2,1-2H3,(H3,25,26,27,29)/t15-,17+,18?/m1/s1. The van der Waals surface area contributed by atoms with Crippen molar-refractivity contribution in [3.63, 3.8) is 0 Å². The van der Waals surface area contributed by atoms with E-state index in [9.17, 15) is 4.79 Å². The number of hydrogen-bond donors (Lipinski definition) is 2. The Morgan fingerprint density at radius 2 is 2.19 bits per heavy atom. The zero-order valence-corrected chi connectivity index (χ0v) is 18.7. The number of hydrogen-bond acceptors (Lipinski definition) is 8. The summed E-state index contributed by atoms with van der Waals surface area (Å²) in [5.74, 6) is 1.04. The number of anilines is 2. The van der Waals surface area contributed by atoms with Crippen molar-refractivity contribution in [2.24, 2.45) is 5.92 Å². The van der Waals surface area contributed by atoms with Gasteiger partial charge in [-0.25, -0.2) is 9.97 Å². The van der Waals surface area contributed by atoms with E-state index in [-0.39, 0.29) is 29.4 Å². The molecular formula is C23H23N7OS. The van der Waals surface area contributed by atoms with Crippen LogP contribution in [0.1, 0.15) is 39.5 Å². The van der Waals surface area contributed by atoms with Gasteiger partial charge in [0, 0.05) is 12.6 Å². The highest BCUT2D eigenvalue weighted by Gasteiger charge is 2.54. The lowest BCUT2D eigenvalue weighted by Crippen LogP contribution is -2.42. The Bertz CT molecular complexity index is 1250. The molecule has 5 rings (SSSR count). The lowest BCUT2D eigenvalue weighted by atomic mass is 10.1. The molecule has 1 saturated carbocycles. The second kappa shape index (κ2) is 7.88. The first-order valence-corrected chi connectivity index (χ1v) is 11.4. The minimum atomic E-state index is -0.0112. The number of nitrogens with zero attached hydrogens (tertiary/aromatic N) is 5. The summed E-state index contributed by atoms with van der Waals surface area (Å²) in [6.45, 7) is 4.51. The van der Waals surface area contributed by atoms with E-state index in [2.05, 4.69) is 26.3 Å². The number of thiazole rings is 1. The van der Waals surface area contributed by atoms with Crippen LogP contribution in [0.3, 0.4) is 0 Å². The van der Waals surface area contributed by atoms with E-state index in [0.29, 0.717) is 24.1 Å². The van der Waals surface area contributed by atoms with Crippen molar-refractivity contribution in [3.05, 3.63) is 52.3 Å². The van der Waals surface area contributed by atoms with Crippen LogP contribution in [-0.4, -0.2) is 44.4 Å². The first-order valence-electron chi connectivity index (χ1n) is 10.6. The lowest BCUT2D eigenvalue weighted by Gasteiger charge is -2.27. The molecule has 1 aliphatic carbocycles. The maximum absolute atomic E-state index is 13.7. The van der Waals surface area contributed by atoms with Crippen LogP contribution < -0.4 is 11.1 Å². The van der Waals surface area contributed by atoms with Gasteiger partial charge in [0.25, 0.3) is 5.91 Å². The maximum atomic E-state index is 13.7. The number of amides is 1. The molecule has 1 aliphatic heterocycles. The number of aryl methyl sites for hydroxylation is 2. The van der Waals surface area contributed by atoms with Crippen LogP contribution in [0.4, 0.5) is 11.8 Å². The maximum Gasteiger partial charge on any atom is 0.274 e. The van der Waals surface area contributed by atoms with Gasteiger partial charge in [0.1, 0.15) is 23.1 Å². The summed E-state index contributed by atoms with van der Waals surface area (Å²) < 4.78 is 0. The molecule has 0 spiro atoms.